The molecule has 8 heteroatoms. The molecule has 0 bridgehead atoms. The van der Waals surface area contributed by atoms with Crippen molar-refractivity contribution in [2.45, 2.75) is 17.9 Å². The van der Waals surface area contributed by atoms with Crippen LogP contribution in [0.2, 0.25) is 5.02 Å². The van der Waals surface area contributed by atoms with Crippen molar-refractivity contribution in [2.24, 2.45) is 5.10 Å². The van der Waals surface area contributed by atoms with Gasteiger partial charge in [-0.25, -0.2) is 5.43 Å². The largest absolute Gasteiger partial charge is 0.484 e. The highest BCUT2D eigenvalue weighted by Gasteiger charge is 2.09. The van der Waals surface area contributed by atoms with Gasteiger partial charge in [0.05, 0.1) is 18.0 Å². The first kappa shape index (κ1) is 24.4. The van der Waals surface area contributed by atoms with Crippen LogP contribution in [0.3, 0.4) is 0 Å². The molecule has 1 atom stereocenters. The van der Waals surface area contributed by atoms with Crippen LogP contribution in [0.25, 0.3) is 0 Å². The molecular weight excluding hydrogens is 458 g/mol. The van der Waals surface area contributed by atoms with E-state index >= 15 is 0 Å². The van der Waals surface area contributed by atoms with E-state index in [9.17, 15) is 9.59 Å². The maximum absolute atomic E-state index is 12.1. The first-order chi connectivity index (χ1) is 16.0. The number of thioether (sulfide) groups is 1. The Morgan fingerprint density at radius 3 is 2.39 bits per heavy atom. The van der Waals surface area contributed by atoms with Gasteiger partial charge in [-0.2, -0.15) is 5.10 Å². The van der Waals surface area contributed by atoms with Gasteiger partial charge in [-0.15, -0.1) is 11.8 Å². The Morgan fingerprint density at radius 1 is 1.00 bits per heavy atom. The van der Waals surface area contributed by atoms with Crippen molar-refractivity contribution in [2.75, 3.05) is 12.4 Å². The molecule has 0 heterocycles. The summed E-state index contributed by atoms with van der Waals surface area (Å²) in [6.45, 7) is 1.85. The molecule has 3 aromatic rings. The number of nitrogens with one attached hydrogen (secondary N) is 2. The number of benzene rings is 3. The number of hydrazone groups is 1. The number of rotatable bonds is 10. The van der Waals surface area contributed by atoms with E-state index in [0.29, 0.717) is 10.8 Å². The average molecular weight is 482 g/mol. The standard InChI is InChI=1S/C25H24ClN3O3S/c1-18(20-5-3-2-4-6-20)28-24(30)16-32-22-11-7-19(8-12-22)15-27-29-25(31)17-33-23-13-9-21(26)10-14-23/h2-15,18H,16-17H2,1H3,(H,28,30)(H,29,31)/b27-15-/t18-/m0/s1. The Bertz CT molecular complexity index is 1070. The number of amides is 2. The molecule has 0 aliphatic carbocycles. The maximum Gasteiger partial charge on any atom is 0.258 e. The highest BCUT2D eigenvalue weighted by Crippen LogP contribution is 2.20. The van der Waals surface area contributed by atoms with Crippen LogP contribution in [0, 0.1) is 0 Å². The third-order valence-corrected chi connectivity index (χ3v) is 5.78. The Balaban J connectivity index is 1.37. The van der Waals surface area contributed by atoms with Gasteiger partial charge in [-0.1, -0.05) is 41.9 Å². The summed E-state index contributed by atoms with van der Waals surface area (Å²) in [5.74, 6) is 0.410. The summed E-state index contributed by atoms with van der Waals surface area (Å²) in [6, 6.07) is 24.0. The molecule has 0 fully saturated rings. The maximum atomic E-state index is 12.1. The fourth-order valence-corrected chi connectivity index (χ4v) is 3.61. The van der Waals surface area contributed by atoms with E-state index in [1.165, 1.54) is 11.8 Å². The van der Waals surface area contributed by atoms with Crippen molar-refractivity contribution in [1.29, 1.82) is 0 Å². The molecule has 0 saturated heterocycles. The van der Waals surface area contributed by atoms with Gasteiger partial charge < -0.3 is 10.1 Å². The Morgan fingerprint density at radius 2 is 1.70 bits per heavy atom. The smallest absolute Gasteiger partial charge is 0.258 e. The van der Waals surface area contributed by atoms with Crippen molar-refractivity contribution in [3.8, 4) is 5.75 Å². The fraction of sp³-hybridized carbons (Fsp3) is 0.160. The number of halogens is 1. The topological polar surface area (TPSA) is 79.8 Å². The summed E-state index contributed by atoms with van der Waals surface area (Å²) in [5, 5.41) is 7.53. The number of hydrogen-bond donors (Lipinski definition) is 2. The van der Waals surface area contributed by atoms with Crippen LogP contribution in [-0.4, -0.2) is 30.4 Å². The van der Waals surface area contributed by atoms with Crippen molar-refractivity contribution >= 4 is 41.4 Å². The van der Waals surface area contributed by atoms with Gasteiger partial charge in [-0.3, -0.25) is 9.59 Å². The highest BCUT2D eigenvalue weighted by atomic mass is 35.5. The number of carbonyl (C=O) groups excluding carboxylic acids is 2. The Hall–Kier alpha value is -3.29. The van der Waals surface area contributed by atoms with Gasteiger partial charge in [0.15, 0.2) is 6.61 Å². The van der Waals surface area contributed by atoms with Crippen LogP contribution in [-0.2, 0) is 9.59 Å². The van der Waals surface area contributed by atoms with Crippen LogP contribution < -0.4 is 15.5 Å². The van der Waals surface area contributed by atoms with Crippen LogP contribution in [0.4, 0.5) is 0 Å². The molecule has 6 nitrogen and oxygen atoms in total. The minimum absolute atomic E-state index is 0.0774. The molecule has 3 aromatic carbocycles. The summed E-state index contributed by atoms with van der Waals surface area (Å²) in [4.78, 5) is 25.0. The van der Waals surface area contributed by atoms with Crippen molar-refractivity contribution < 1.29 is 14.3 Å². The monoisotopic (exact) mass is 481 g/mol. The summed E-state index contributed by atoms with van der Waals surface area (Å²) in [7, 11) is 0. The van der Waals surface area contributed by atoms with Gasteiger partial charge in [-0.05, 0) is 66.6 Å². The quantitative estimate of drug-likeness (QED) is 0.247. The number of hydrogen-bond acceptors (Lipinski definition) is 5. The van der Waals surface area contributed by atoms with E-state index in [1.54, 1.807) is 42.6 Å². The zero-order chi connectivity index (χ0) is 23.5. The van der Waals surface area contributed by atoms with Crippen molar-refractivity contribution in [3.05, 3.63) is 95.0 Å². The van der Waals surface area contributed by atoms with E-state index in [0.717, 1.165) is 16.0 Å². The van der Waals surface area contributed by atoms with Crippen LogP contribution in [0.15, 0.2) is 88.9 Å². The number of carbonyl (C=O) groups is 2. The second-order valence-corrected chi connectivity index (χ2v) is 8.58. The summed E-state index contributed by atoms with van der Waals surface area (Å²) < 4.78 is 5.55. The molecular formula is C25H24ClN3O3S. The fourth-order valence-electron chi connectivity index (χ4n) is 2.80. The normalized spacial score (nSPS) is 11.7. The summed E-state index contributed by atoms with van der Waals surface area (Å²) in [5.41, 5.74) is 4.32. The van der Waals surface area contributed by atoms with E-state index < -0.39 is 0 Å². The SMILES string of the molecule is C[C@H](NC(=O)COc1ccc(/C=N\NC(=O)CSc2ccc(Cl)cc2)cc1)c1ccccc1. The molecule has 170 valence electrons. The van der Waals surface area contributed by atoms with Crippen LogP contribution >= 0.6 is 23.4 Å². The van der Waals surface area contributed by atoms with Crippen LogP contribution in [0.5, 0.6) is 5.75 Å². The van der Waals surface area contributed by atoms with Gasteiger partial charge in [0.25, 0.3) is 5.91 Å². The molecule has 0 saturated carbocycles. The number of nitrogens with zero attached hydrogens (tertiary/aromatic N) is 1. The third-order valence-electron chi connectivity index (χ3n) is 4.51. The van der Waals surface area contributed by atoms with Gasteiger partial charge in [0, 0.05) is 9.92 Å². The molecule has 33 heavy (non-hydrogen) atoms. The Labute approximate surface area is 202 Å². The molecule has 2 amide bonds. The Kier molecular flexibility index (Phi) is 9.35. The molecule has 0 unspecified atom stereocenters. The predicted octanol–water partition coefficient (Wildman–Crippen LogP) is 4.84. The molecule has 2 N–H and O–H groups in total. The average Bonchev–Trinajstić information content (AvgIpc) is 2.84. The van der Waals surface area contributed by atoms with Crippen molar-refractivity contribution in [3.63, 3.8) is 0 Å². The molecule has 0 aromatic heterocycles. The lowest BCUT2D eigenvalue weighted by atomic mass is 10.1. The highest BCUT2D eigenvalue weighted by molar-refractivity contribution is 8.00. The third kappa shape index (κ3) is 8.63. The zero-order valence-corrected chi connectivity index (χ0v) is 19.6. The van der Waals surface area contributed by atoms with E-state index in [1.807, 2.05) is 49.4 Å². The summed E-state index contributed by atoms with van der Waals surface area (Å²) in [6.07, 6.45) is 1.54. The van der Waals surface area contributed by atoms with E-state index in [4.69, 9.17) is 16.3 Å². The first-order valence-corrected chi connectivity index (χ1v) is 11.6. The molecule has 0 aliphatic heterocycles. The molecule has 0 spiro atoms. The van der Waals surface area contributed by atoms with E-state index in [2.05, 4.69) is 15.8 Å². The van der Waals surface area contributed by atoms with Gasteiger partial charge in [0.1, 0.15) is 5.75 Å². The first-order valence-electron chi connectivity index (χ1n) is 10.3. The predicted molar refractivity (Wildman–Crippen MR) is 133 cm³/mol. The lowest BCUT2D eigenvalue weighted by molar-refractivity contribution is -0.123. The minimum atomic E-state index is -0.207. The van der Waals surface area contributed by atoms with Crippen LogP contribution in [0.1, 0.15) is 24.1 Å². The lowest BCUT2D eigenvalue weighted by Crippen LogP contribution is -2.31. The second kappa shape index (κ2) is 12.7. The number of ether oxygens (including phenoxy) is 1. The molecule has 0 radical (unpaired) electrons. The molecule has 3 rings (SSSR count). The second-order valence-electron chi connectivity index (χ2n) is 7.09. The lowest BCUT2D eigenvalue weighted by Gasteiger charge is -2.14. The zero-order valence-electron chi connectivity index (χ0n) is 18.0. The van der Waals surface area contributed by atoms with Crippen molar-refractivity contribution in [1.82, 2.24) is 10.7 Å². The minimum Gasteiger partial charge on any atom is -0.484 e. The van der Waals surface area contributed by atoms with Gasteiger partial charge in [0.2, 0.25) is 5.91 Å². The summed E-state index contributed by atoms with van der Waals surface area (Å²) >= 11 is 7.25. The van der Waals surface area contributed by atoms with Gasteiger partial charge >= 0.3 is 0 Å². The van der Waals surface area contributed by atoms with E-state index in [-0.39, 0.29) is 30.2 Å². The molecule has 0 aliphatic rings.